The maximum absolute atomic E-state index is 11.3. The van der Waals surface area contributed by atoms with E-state index in [1.807, 2.05) is 0 Å². The Labute approximate surface area is 205 Å². The van der Waals surface area contributed by atoms with E-state index in [-0.39, 0.29) is 0 Å². The third-order valence-electron chi connectivity index (χ3n) is 6.04. The highest BCUT2D eigenvalue weighted by molar-refractivity contribution is 7.32. The Kier molecular flexibility index (Phi) is 18.5. The van der Waals surface area contributed by atoms with Crippen LogP contribution in [0.15, 0.2) is 12.3 Å². The third kappa shape index (κ3) is 14.4. The van der Waals surface area contributed by atoms with Crippen LogP contribution in [-0.4, -0.2) is 53.7 Å². The molecule has 5 atom stereocenters. The van der Waals surface area contributed by atoms with E-state index in [4.69, 9.17) is 19.7 Å². The Bertz CT molecular complexity index is 580. The highest BCUT2D eigenvalue weighted by Gasteiger charge is 2.46. The monoisotopic (exact) mass is 506 g/mol. The smallest absolute Gasteiger partial charge is 0.317 e. The van der Waals surface area contributed by atoms with Crippen molar-refractivity contribution >= 4 is 14.2 Å². The van der Waals surface area contributed by atoms with Crippen molar-refractivity contribution in [3.05, 3.63) is 12.3 Å². The van der Waals surface area contributed by atoms with Gasteiger partial charge in [-0.1, -0.05) is 90.4 Å². The number of nitrogens with two attached hydrogens (primary N) is 1. The third-order valence-corrected chi connectivity index (χ3v) is 6.52. The van der Waals surface area contributed by atoms with Gasteiger partial charge in [0.1, 0.15) is 18.3 Å². The lowest BCUT2D eigenvalue weighted by Crippen LogP contribution is -2.42. The SMILES string of the molecule is CCCCCCCCCCCCCCCCOC1C(O[PH](=O)O)[C@@H](CO)O[C@H]1N/C=C\C(N)=O. The van der Waals surface area contributed by atoms with E-state index in [1.54, 1.807) is 0 Å². The Balaban J connectivity index is 2.21. The van der Waals surface area contributed by atoms with Crippen LogP contribution in [0, 0.1) is 0 Å². The van der Waals surface area contributed by atoms with Gasteiger partial charge >= 0.3 is 8.25 Å². The van der Waals surface area contributed by atoms with Gasteiger partial charge < -0.3 is 35.0 Å². The van der Waals surface area contributed by atoms with Gasteiger partial charge in [-0.2, -0.15) is 0 Å². The number of unbranched alkanes of at least 4 members (excludes halogenated alkanes) is 13. The summed E-state index contributed by atoms with van der Waals surface area (Å²) in [5.41, 5.74) is 5.08. The molecule has 0 aromatic rings. The second kappa shape index (κ2) is 20.3. The Hall–Kier alpha value is -0.960. The average Bonchev–Trinajstić information content (AvgIpc) is 3.11. The molecule has 1 saturated heterocycles. The van der Waals surface area contributed by atoms with Crippen molar-refractivity contribution < 1.29 is 33.4 Å². The van der Waals surface area contributed by atoms with Crippen molar-refractivity contribution in [2.24, 2.45) is 5.73 Å². The summed E-state index contributed by atoms with van der Waals surface area (Å²) < 4.78 is 27.9. The van der Waals surface area contributed by atoms with E-state index in [2.05, 4.69) is 12.2 Å². The first-order valence-corrected chi connectivity index (χ1v) is 14.3. The topological polar surface area (TPSA) is 140 Å². The zero-order chi connectivity index (χ0) is 25.0. The fraction of sp³-hybridized carbons (Fsp3) is 0.875. The summed E-state index contributed by atoms with van der Waals surface area (Å²) >= 11 is 0. The molecule has 200 valence electrons. The van der Waals surface area contributed by atoms with Gasteiger partial charge in [-0.25, -0.2) is 0 Å². The molecule has 5 N–H and O–H groups in total. The molecule has 0 radical (unpaired) electrons. The molecular formula is C24H47N2O7P. The molecule has 1 heterocycles. The standard InChI is InChI=1S/C24H47N2O7P/c1-2-3-4-5-6-7-8-9-10-11-12-13-14-15-18-31-23-22(33-34(29)30)20(19-27)32-24(23)26-17-16-21(25)28/h16-17,20,22-24,26-27,34H,2-15,18-19H2,1H3,(H2,25,28)(H,29,30)/b17-16-/t20-,22?,23?,24-/m1/s1. The molecule has 1 rings (SSSR count). The largest absolute Gasteiger partial charge is 0.394 e. The van der Waals surface area contributed by atoms with Crippen molar-refractivity contribution in [1.82, 2.24) is 5.32 Å². The normalized spacial score (nSPS) is 23.5. The van der Waals surface area contributed by atoms with Crippen LogP contribution in [0.4, 0.5) is 0 Å². The second-order valence-electron chi connectivity index (χ2n) is 8.96. The van der Waals surface area contributed by atoms with Gasteiger partial charge in [-0.05, 0) is 6.42 Å². The molecule has 1 fully saturated rings. The number of carbonyl (C=O) groups is 1. The van der Waals surface area contributed by atoms with E-state index in [9.17, 15) is 19.4 Å². The lowest BCUT2D eigenvalue weighted by Gasteiger charge is -2.23. The zero-order valence-electron chi connectivity index (χ0n) is 20.8. The number of hydrogen-bond acceptors (Lipinski definition) is 7. The van der Waals surface area contributed by atoms with Gasteiger partial charge in [-0.3, -0.25) is 9.36 Å². The lowest BCUT2D eigenvalue weighted by molar-refractivity contribution is -0.113. The van der Waals surface area contributed by atoms with Crippen LogP contribution in [0.1, 0.15) is 96.8 Å². The second-order valence-corrected chi connectivity index (χ2v) is 9.73. The summed E-state index contributed by atoms with van der Waals surface area (Å²) in [5.74, 6) is -0.628. The fourth-order valence-electron chi connectivity index (χ4n) is 4.19. The fourth-order valence-corrected chi connectivity index (χ4v) is 4.71. The Morgan fingerprint density at radius 2 is 1.50 bits per heavy atom. The first-order chi connectivity index (χ1) is 16.5. The number of aliphatic hydroxyl groups excluding tert-OH is 1. The number of aliphatic hydroxyl groups is 1. The number of hydrogen-bond donors (Lipinski definition) is 4. The Morgan fingerprint density at radius 3 is 1.97 bits per heavy atom. The number of primary amides is 1. The van der Waals surface area contributed by atoms with Gasteiger partial charge in [0, 0.05) is 18.9 Å². The van der Waals surface area contributed by atoms with Crippen molar-refractivity contribution in [2.45, 2.75) is 121 Å². The van der Waals surface area contributed by atoms with Crippen LogP contribution in [0.25, 0.3) is 0 Å². The molecule has 34 heavy (non-hydrogen) atoms. The first-order valence-electron chi connectivity index (χ1n) is 13.0. The van der Waals surface area contributed by atoms with Crippen molar-refractivity contribution in [2.75, 3.05) is 13.2 Å². The average molecular weight is 507 g/mol. The first kappa shape index (κ1) is 31.1. The van der Waals surface area contributed by atoms with Gasteiger partial charge in [0.15, 0.2) is 6.23 Å². The molecule has 0 spiro atoms. The molecule has 1 amide bonds. The van der Waals surface area contributed by atoms with Crippen molar-refractivity contribution in [3.63, 3.8) is 0 Å². The molecule has 3 unspecified atom stereocenters. The summed E-state index contributed by atoms with van der Waals surface area (Å²) in [4.78, 5) is 20.1. The maximum Gasteiger partial charge on any atom is 0.317 e. The molecular weight excluding hydrogens is 459 g/mol. The van der Waals surface area contributed by atoms with Gasteiger partial charge in [-0.15, -0.1) is 0 Å². The number of carbonyl (C=O) groups excluding carboxylic acids is 1. The zero-order valence-corrected chi connectivity index (χ0v) is 21.8. The minimum atomic E-state index is -3.25. The van der Waals surface area contributed by atoms with Gasteiger partial charge in [0.05, 0.1) is 6.61 Å². The molecule has 1 aliphatic heterocycles. The number of nitrogens with one attached hydrogen (secondary N) is 1. The predicted octanol–water partition coefficient (Wildman–Crippen LogP) is 3.93. The molecule has 9 nitrogen and oxygen atoms in total. The molecule has 10 heteroatoms. The van der Waals surface area contributed by atoms with Gasteiger partial charge in [0.2, 0.25) is 5.91 Å². The molecule has 0 bridgehead atoms. The summed E-state index contributed by atoms with van der Waals surface area (Å²) in [6, 6.07) is 0. The summed E-state index contributed by atoms with van der Waals surface area (Å²) in [6.45, 7) is 2.30. The minimum Gasteiger partial charge on any atom is -0.394 e. The molecule has 1 aliphatic rings. The summed E-state index contributed by atoms with van der Waals surface area (Å²) in [6.07, 6.45) is 17.0. The van der Waals surface area contributed by atoms with Crippen LogP contribution < -0.4 is 11.1 Å². The van der Waals surface area contributed by atoms with Crippen molar-refractivity contribution in [1.29, 1.82) is 0 Å². The van der Waals surface area contributed by atoms with Crippen LogP contribution in [0.5, 0.6) is 0 Å². The van der Waals surface area contributed by atoms with Gasteiger partial charge in [0.25, 0.3) is 0 Å². The van der Waals surface area contributed by atoms with Crippen LogP contribution in [0.2, 0.25) is 0 Å². The highest BCUT2D eigenvalue weighted by Crippen LogP contribution is 2.32. The number of amides is 1. The van der Waals surface area contributed by atoms with E-state index in [1.165, 1.54) is 76.8 Å². The quantitative estimate of drug-likeness (QED) is 0.0984. The lowest BCUT2D eigenvalue weighted by atomic mass is 10.0. The summed E-state index contributed by atoms with van der Waals surface area (Å²) in [7, 11) is -3.25. The van der Waals surface area contributed by atoms with Crippen LogP contribution in [0.3, 0.4) is 0 Å². The highest BCUT2D eigenvalue weighted by atomic mass is 31.1. The number of rotatable bonds is 22. The van der Waals surface area contributed by atoms with Crippen molar-refractivity contribution in [3.8, 4) is 0 Å². The molecule has 0 aromatic carbocycles. The molecule has 0 saturated carbocycles. The molecule has 0 aliphatic carbocycles. The van der Waals surface area contributed by atoms with E-state index in [0.29, 0.717) is 6.61 Å². The van der Waals surface area contributed by atoms with E-state index >= 15 is 0 Å². The predicted molar refractivity (Wildman–Crippen MR) is 133 cm³/mol. The maximum atomic E-state index is 11.3. The van der Waals surface area contributed by atoms with Crippen LogP contribution in [-0.2, 0) is 23.4 Å². The minimum absolute atomic E-state index is 0.393. The summed E-state index contributed by atoms with van der Waals surface area (Å²) in [5, 5.41) is 12.4. The number of ether oxygens (including phenoxy) is 2. The van der Waals surface area contributed by atoms with E-state index < -0.39 is 45.3 Å². The Morgan fingerprint density at radius 1 is 0.971 bits per heavy atom. The van der Waals surface area contributed by atoms with Crippen LogP contribution >= 0.6 is 8.25 Å². The molecule has 0 aromatic heterocycles. The van der Waals surface area contributed by atoms with E-state index in [0.717, 1.165) is 25.3 Å².